The summed E-state index contributed by atoms with van der Waals surface area (Å²) in [5, 5.41) is 12.5. The Morgan fingerprint density at radius 1 is 1.35 bits per heavy atom. The van der Waals surface area contributed by atoms with Crippen molar-refractivity contribution in [2.45, 2.75) is 12.8 Å². The first-order valence-corrected chi connectivity index (χ1v) is 5.65. The molecule has 0 aliphatic heterocycles. The monoisotopic (exact) mass is 284 g/mol. The third-order valence-electron chi connectivity index (χ3n) is 2.85. The molecule has 0 aliphatic carbocycles. The Morgan fingerprint density at radius 3 is 2.50 bits per heavy atom. The number of nitrogens with zero attached hydrogens (tertiary/aromatic N) is 2. The van der Waals surface area contributed by atoms with Crippen molar-refractivity contribution in [2.75, 3.05) is 0 Å². The molecule has 0 fully saturated rings. The maximum Gasteiger partial charge on any atom is 0.356 e. The molecule has 7 heteroatoms. The van der Waals surface area contributed by atoms with Gasteiger partial charge in [-0.2, -0.15) is 5.10 Å². The van der Waals surface area contributed by atoms with Crippen LogP contribution in [-0.2, 0) is 13.0 Å². The molecule has 0 amide bonds. The maximum atomic E-state index is 13.8. The summed E-state index contributed by atoms with van der Waals surface area (Å²) in [4.78, 5) is 10.8. The number of rotatable bonds is 3. The third kappa shape index (κ3) is 2.52. The van der Waals surface area contributed by atoms with Crippen LogP contribution >= 0.6 is 0 Å². The molecule has 0 bridgehead atoms. The Kier molecular flexibility index (Phi) is 3.29. The summed E-state index contributed by atoms with van der Waals surface area (Å²) >= 11 is 0. The van der Waals surface area contributed by atoms with E-state index in [9.17, 15) is 18.0 Å². The molecule has 0 saturated heterocycles. The van der Waals surface area contributed by atoms with Gasteiger partial charge in [0.1, 0.15) is 5.82 Å². The van der Waals surface area contributed by atoms with E-state index in [1.54, 1.807) is 0 Å². The lowest BCUT2D eigenvalue weighted by Gasteiger charge is -2.12. The van der Waals surface area contributed by atoms with E-state index in [0.717, 1.165) is 28.9 Å². The topological polar surface area (TPSA) is 55.1 Å². The number of aromatic carboxylic acids is 1. The number of hydrogen-bond donors (Lipinski definition) is 1. The molecule has 0 spiro atoms. The molecular weight excluding hydrogens is 273 g/mol. The van der Waals surface area contributed by atoms with Gasteiger partial charge in [0.25, 0.3) is 5.92 Å². The van der Waals surface area contributed by atoms with Crippen LogP contribution in [0.15, 0.2) is 24.3 Å². The molecule has 2 aromatic rings. The SMILES string of the molecule is Cn1nc(C(=O)O)cc1-c1cc(C(C)(F)F)ccc1F. The number of carboxylic acid groups (broad SMARTS) is 1. The second-order valence-corrected chi connectivity index (χ2v) is 4.43. The fraction of sp³-hybridized carbons (Fsp3) is 0.231. The Morgan fingerprint density at radius 2 is 2.00 bits per heavy atom. The first-order valence-electron chi connectivity index (χ1n) is 5.65. The predicted molar refractivity (Wildman–Crippen MR) is 65.1 cm³/mol. The minimum Gasteiger partial charge on any atom is -0.476 e. The van der Waals surface area contributed by atoms with Crippen LogP contribution in [0.25, 0.3) is 11.3 Å². The number of hydrogen-bond acceptors (Lipinski definition) is 2. The van der Waals surface area contributed by atoms with Gasteiger partial charge in [0.15, 0.2) is 5.69 Å². The van der Waals surface area contributed by atoms with Crippen LogP contribution in [0.5, 0.6) is 0 Å². The molecule has 0 radical (unpaired) electrons. The van der Waals surface area contributed by atoms with Crippen LogP contribution in [0.4, 0.5) is 13.2 Å². The predicted octanol–water partition coefficient (Wildman–Crippen LogP) is 3.04. The number of carbonyl (C=O) groups is 1. The highest BCUT2D eigenvalue weighted by molar-refractivity contribution is 5.87. The van der Waals surface area contributed by atoms with Crippen molar-refractivity contribution < 1.29 is 23.1 Å². The zero-order chi connectivity index (χ0) is 15.1. The Bertz CT molecular complexity index is 675. The average Bonchev–Trinajstić information content (AvgIpc) is 2.70. The second kappa shape index (κ2) is 4.66. The number of alkyl halides is 2. The fourth-order valence-corrected chi connectivity index (χ4v) is 1.82. The van der Waals surface area contributed by atoms with Crippen LogP contribution in [0, 0.1) is 5.82 Å². The van der Waals surface area contributed by atoms with Gasteiger partial charge >= 0.3 is 5.97 Å². The van der Waals surface area contributed by atoms with E-state index in [1.165, 1.54) is 7.05 Å². The molecule has 2 rings (SSSR count). The van der Waals surface area contributed by atoms with Gasteiger partial charge in [-0.05, 0) is 18.2 Å². The van der Waals surface area contributed by atoms with Gasteiger partial charge in [-0.3, -0.25) is 4.68 Å². The van der Waals surface area contributed by atoms with Crippen LogP contribution in [0.2, 0.25) is 0 Å². The van der Waals surface area contributed by atoms with Crippen LogP contribution in [0.1, 0.15) is 23.0 Å². The lowest BCUT2D eigenvalue weighted by molar-refractivity contribution is 0.0174. The van der Waals surface area contributed by atoms with E-state index < -0.39 is 17.7 Å². The summed E-state index contributed by atoms with van der Waals surface area (Å²) in [6.07, 6.45) is 0. The number of benzene rings is 1. The van der Waals surface area contributed by atoms with Crippen LogP contribution in [0.3, 0.4) is 0 Å². The summed E-state index contributed by atoms with van der Waals surface area (Å²) in [7, 11) is 1.41. The molecule has 0 saturated carbocycles. The molecule has 1 heterocycles. The van der Waals surface area contributed by atoms with E-state index in [0.29, 0.717) is 6.92 Å². The first kappa shape index (κ1) is 14.1. The van der Waals surface area contributed by atoms with Crippen molar-refractivity contribution >= 4 is 5.97 Å². The van der Waals surface area contributed by atoms with Gasteiger partial charge in [-0.15, -0.1) is 0 Å². The minimum absolute atomic E-state index is 0.117. The van der Waals surface area contributed by atoms with E-state index in [4.69, 9.17) is 5.11 Å². The third-order valence-corrected chi connectivity index (χ3v) is 2.85. The summed E-state index contributed by atoms with van der Waals surface area (Å²) in [6.45, 7) is 0.704. The summed E-state index contributed by atoms with van der Waals surface area (Å²) < 4.78 is 41.5. The van der Waals surface area contributed by atoms with Crippen molar-refractivity contribution in [3.05, 3.63) is 41.3 Å². The number of aromatic nitrogens is 2. The quantitative estimate of drug-likeness (QED) is 0.942. The second-order valence-electron chi connectivity index (χ2n) is 4.43. The molecule has 0 atom stereocenters. The van der Waals surface area contributed by atoms with Gasteiger partial charge in [-0.25, -0.2) is 18.0 Å². The lowest BCUT2D eigenvalue weighted by atomic mass is 10.0. The van der Waals surface area contributed by atoms with E-state index in [-0.39, 0.29) is 22.5 Å². The van der Waals surface area contributed by atoms with Crippen molar-refractivity contribution in [3.8, 4) is 11.3 Å². The standard InChI is InChI=1S/C13H11F3N2O2/c1-13(15,16)7-3-4-9(14)8(5-7)11-6-10(12(19)20)17-18(11)2/h3-6H,1-2H3,(H,19,20). The lowest BCUT2D eigenvalue weighted by Crippen LogP contribution is -2.08. The molecule has 20 heavy (non-hydrogen) atoms. The highest BCUT2D eigenvalue weighted by atomic mass is 19.3. The molecule has 1 aromatic heterocycles. The summed E-state index contributed by atoms with van der Waals surface area (Å²) in [5.74, 6) is -5.11. The largest absolute Gasteiger partial charge is 0.476 e. The minimum atomic E-state index is -3.11. The van der Waals surface area contributed by atoms with E-state index in [1.807, 2.05) is 0 Å². The zero-order valence-electron chi connectivity index (χ0n) is 10.7. The molecule has 0 unspecified atom stereocenters. The van der Waals surface area contributed by atoms with Crippen molar-refractivity contribution in [1.82, 2.24) is 9.78 Å². The Hall–Kier alpha value is -2.31. The normalized spacial score (nSPS) is 11.7. The smallest absolute Gasteiger partial charge is 0.356 e. The van der Waals surface area contributed by atoms with Gasteiger partial charge in [-0.1, -0.05) is 6.07 Å². The molecule has 1 aromatic carbocycles. The van der Waals surface area contributed by atoms with Crippen LogP contribution in [-0.4, -0.2) is 20.9 Å². The van der Waals surface area contributed by atoms with Gasteiger partial charge in [0, 0.05) is 25.1 Å². The van der Waals surface area contributed by atoms with Crippen LogP contribution < -0.4 is 0 Å². The number of aryl methyl sites for hydroxylation is 1. The zero-order valence-corrected chi connectivity index (χ0v) is 10.7. The number of halogens is 3. The number of carboxylic acids is 1. The maximum absolute atomic E-state index is 13.8. The molecular formula is C13H11F3N2O2. The summed E-state index contributed by atoms with van der Waals surface area (Å²) in [5.41, 5.74) is -0.639. The molecule has 0 aliphatic rings. The highest BCUT2D eigenvalue weighted by Gasteiger charge is 2.26. The Labute approximate surface area is 112 Å². The fourth-order valence-electron chi connectivity index (χ4n) is 1.82. The van der Waals surface area contributed by atoms with Crippen molar-refractivity contribution in [1.29, 1.82) is 0 Å². The van der Waals surface area contributed by atoms with E-state index in [2.05, 4.69) is 5.10 Å². The van der Waals surface area contributed by atoms with Gasteiger partial charge in [0.05, 0.1) is 5.69 Å². The van der Waals surface area contributed by atoms with Gasteiger partial charge in [0.2, 0.25) is 0 Å². The molecule has 4 nitrogen and oxygen atoms in total. The molecule has 1 N–H and O–H groups in total. The summed E-state index contributed by atoms with van der Waals surface area (Å²) in [6, 6.07) is 4.05. The van der Waals surface area contributed by atoms with Gasteiger partial charge < -0.3 is 5.11 Å². The van der Waals surface area contributed by atoms with Crippen molar-refractivity contribution in [3.63, 3.8) is 0 Å². The molecule has 106 valence electrons. The van der Waals surface area contributed by atoms with E-state index >= 15 is 0 Å². The first-order chi connectivity index (χ1) is 9.20. The van der Waals surface area contributed by atoms with Crippen molar-refractivity contribution in [2.24, 2.45) is 7.05 Å². The average molecular weight is 284 g/mol. The Balaban J connectivity index is 2.60. The highest BCUT2D eigenvalue weighted by Crippen LogP contribution is 2.32.